The van der Waals surface area contributed by atoms with Crippen LogP contribution in [-0.2, 0) is 14.3 Å². The lowest BCUT2D eigenvalue weighted by Gasteiger charge is -2.24. The first kappa shape index (κ1) is 9.12. The minimum atomic E-state index is -0.516. The van der Waals surface area contributed by atoms with E-state index in [1.54, 1.807) is 0 Å². The van der Waals surface area contributed by atoms with E-state index in [-0.39, 0.29) is 38.0 Å². The molecule has 0 unspecified atom stereocenters. The Kier molecular flexibility index (Phi) is 3.16. The summed E-state index contributed by atoms with van der Waals surface area (Å²) in [5, 5.41) is 0. The van der Waals surface area contributed by atoms with Crippen LogP contribution >= 0.6 is 0 Å². The van der Waals surface area contributed by atoms with Crippen LogP contribution in [0.2, 0.25) is 0 Å². The molecule has 0 aromatic heterocycles. The molecule has 1 aliphatic heterocycles. The highest BCUT2D eigenvalue weighted by Crippen LogP contribution is 2.01. The number of alkyl halides is 1. The lowest BCUT2D eigenvalue weighted by Crippen LogP contribution is -2.46. The van der Waals surface area contributed by atoms with Gasteiger partial charge in [0.2, 0.25) is 0 Å². The summed E-state index contributed by atoms with van der Waals surface area (Å²) in [7, 11) is 0. The number of hydrogen-bond donors (Lipinski definition) is 0. The second kappa shape index (κ2) is 4.15. The molecular formula is C7H10FNO3. The normalized spacial score (nSPS) is 18.6. The number of halogens is 1. The largest absolute Gasteiger partial charge is 0.362 e. The molecule has 0 radical (unpaired) electrons. The van der Waals surface area contributed by atoms with Gasteiger partial charge in [0.15, 0.2) is 0 Å². The van der Waals surface area contributed by atoms with Crippen molar-refractivity contribution >= 4 is 11.8 Å². The Morgan fingerprint density at radius 3 is 2.42 bits per heavy atom. The van der Waals surface area contributed by atoms with Crippen LogP contribution < -0.4 is 0 Å². The molecule has 1 rings (SSSR count). The van der Waals surface area contributed by atoms with E-state index in [1.165, 1.54) is 0 Å². The number of rotatable bonds is 3. The third-order valence-corrected chi connectivity index (χ3v) is 1.57. The molecule has 0 saturated carbocycles. The fourth-order valence-electron chi connectivity index (χ4n) is 0.988. The number of imide groups is 1. The van der Waals surface area contributed by atoms with Crippen molar-refractivity contribution in [2.45, 2.75) is 6.42 Å². The molecule has 2 amide bonds. The van der Waals surface area contributed by atoms with Crippen molar-refractivity contribution in [3.8, 4) is 0 Å². The van der Waals surface area contributed by atoms with Crippen molar-refractivity contribution in [1.82, 2.24) is 4.90 Å². The van der Waals surface area contributed by atoms with E-state index >= 15 is 0 Å². The van der Waals surface area contributed by atoms with Crippen molar-refractivity contribution in [1.29, 1.82) is 0 Å². The van der Waals surface area contributed by atoms with E-state index in [2.05, 4.69) is 4.74 Å². The molecule has 1 aliphatic rings. The molecule has 1 fully saturated rings. The highest BCUT2D eigenvalue weighted by Gasteiger charge is 2.25. The molecule has 1 saturated heterocycles. The summed E-state index contributed by atoms with van der Waals surface area (Å²) in [4.78, 5) is 23.0. The number of carbonyl (C=O) groups is 2. The molecule has 0 atom stereocenters. The first-order chi connectivity index (χ1) is 5.75. The van der Waals surface area contributed by atoms with Crippen LogP contribution in [-0.4, -0.2) is 43.1 Å². The van der Waals surface area contributed by atoms with Crippen molar-refractivity contribution in [2.24, 2.45) is 0 Å². The zero-order valence-electron chi connectivity index (χ0n) is 6.59. The number of hydrogen-bond acceptors (Lipinski definition) is 3. The number of amides is 2. The Morgan fingerprint density at radius 2 is 1.92 bits per heavy atom. The van der Waals surface area contributed by atoms with Crippen LogP contribution in [0.5, 0.6) is 0 Å². The molecule has 0 aromatic rings. The number of carbonyl (C=O) groups excluding carboxylic acids is 2. The zero-order chi connectivity index (χ0) is 8.97. The second-order valence-electron chi connectivity index (χ2n) is 2.47. The predicted molar refractivity (Wildman–Crippen MR) is 38.1 cm³/mol. The van der Waals surface area contributed by atoms with Crippen LogP contribution in [0.25, 0.3) is 0 Å². The fourth-order valence-corrected chi connectivity index (χ4v) is 0.988. The van der Waals surface area contributed by atoms with E-state index < -0.39 is 6.67 Å². The Bertz CT molecular complexity index is 179. The van der Waals surface area contributed by atoms with Gasteiger partial charge < -0.3 is 4.74 Å². The lowest BCUT2D eigenvalue weighted by molar-refractivity contribution is -0.158. The van der Waals surface area contributed by atoms with Crippen molar-refractivity contribution in [3.05, 3.63) is 0 Å². The maximum Gasteiger partial charge on any atom is 0.255 e. The second-order valence-corrected chi connectivity index (χ2v) is 2.47. The van der Waals surface area contributed by atoms with Crippen LogP contribution in [0.15, 0.2) is 0 Å². The average molecular weight is 175 g/mol. The van der Waals surface area contributed by atoms with Crippen molar-refractivity contribution < 1.29 is 18.7 Å². The van der Waals surface area contributed by atoms with E-state index in [1.807, 2.05) is 0 Å². The van der Waals surface area contributed by atoms with Gasteiger partial charge in [-0.05, 0) is 6.42 Å². The molecule has 0 aromatic carbocycles. The third-order valence-electron chi connectivity index (χ3n) is 1.57. The Morgan fingerprint density at radius 1 is 1.33 bits per heavy atom. The first-order valence-electron chi connectivity index (χ1n) is 3.72. The van der Waals surface area contributed by atoms with Crippen molar-refractivity contribution in [2.75, 3.05) is 26.4 Å². The van der Waals surface area contributed by atoms with Gasteiger partial charge in [-0.2, -0.15) is 0 Å². The molecular weight excluding hydrogens is 165 g/mol. The van der Waals surface area contributed by atoms with Gasteiger partial charge in [-0.25, -0.2) is 0 Å². The van der Waals surface area contributed by atoms with Gasteiger partial charge in [0.25, 0.3) is 11.8 Å². The topological polar surface area (TPSA) is 46.6 Å². The van der Waals surface area contributed by atoms with Crippen LogP contribution in [0.1, 0.15) is 6.42 Å². The van der Waals surface area contributed by atoms with E-state index in [4.69, 9.17) is 0 Å². The quantitative estimate of drug-likeness (QED) is 0.555. The van der Waals surface area contributed by atoms with Gasteiger partial charge >= 0.3 is 0 Å². The highest BCUT2D eigenvalue weighted by atomic mass is 19.1. The number of morpholine rings is 1. The predicted octanol–water partition coefficient (Wildman–Crippen LogP) is -0.269. The number of ether oxygens (including phenoxy) is 1. The fraction of sp³-hybridized carbons (Fsp3) is 0.714. The van der Waals surface area contributed by atoms with E-state index in [9.17, 15) is 14.0 Å². The summed E-state index contributed by atoms with van der Waals surface area (Å²) in [6, 6.07) is 0. The van der Waals surface area contributed by atoms with Crippen LogP contribution in [0, 0.1) is 0 Å². The Labute approximate surface area is 69.3 Å². The standard InChI is InChI=1S/C7H10FNO3/c8-2-1-3-9-6(10)4-12-5-7(9)11/h1-5H2. The smallest absolute Gasteiger partial charge is 0.255 e. The molecule has 1 heterocycles. The van der Waals surface area contributed by atoms with Gasteiger partial charge in [0, 0.05) is 6.54 Å². The van der Waals surface area contributed by atoms with Crippen LogP contribution in [0.3, 0.4) is 0 Å². The molecule has 68 valence electrons. The highest BCUT2D eigenvalue weighted by molar-refractivity contribution is 5.98. The van der Waals surface area contributed by atoms with Gasteiger partial charge in [-0.15, -0.1) is 0 Å². The molecule has 12 heavy (non-hydrogen) atoms. The lowest BCUT2D eigenvalue weighted by atomic mass is 10.3. The summed E-state index contributed by atoms with van der Waals surface area (Å²) >= 11 is 0. The minimum absolute atomic E-state index is 0.0714. The number of nitrogens with zero attached hydrogens (tertiary/aromatic N) is 1. The molecule has 4 nitrogen and oxygen atoms in total. The van der Waals surface area contributed by atoms with Gasteiger partial charge in [-0.1, -0.05) is 0 Å². The summed E-state index contributed by atoms with van der Waals surface area (Å²) in [6.45, 7) is -0.495. The van der Waals surface area contributed by atoms with E-state index in [0.29, 0.717) is 0 Å². The summed E-state index contributed by atoms with van der Waals surface area (Å²) < 4.78 is 16.4. The summed E-state index contributed by atoms with van der Waals surface area (Å²) in [6.07, 6.45) is 0.206. The maximum absolute atomic E-state index is 11.7. The Balaban J connectivity index is 2.45. The summed E-state index contributed by atoms with van der Waals surface area (Å²) in [5.41, 5.74) is 0. The Hall–Kier alpha value is -0.970. The SMILES string of the molecule is O=C1COCC(=O)N1CCCF. The average Bonchev–Trinajstić information content (AvgIpc) is 2.04. The molecule has 0 aliphatic carbocycles. The van der Waals surface area contributed by atoms with Crippen LogP contribution in [0.4, 0.5) is 4.39 Å². The molecule has 0 spiro atoms. The van der Waals surface area contributed by atoms with Crippen molar-refractivity contribution in [3.63, 3.8) is 0 Å². The first-order valence-corrected chi connectivity index (χ1v) is 3.72. The molecule has 5 heteroatoms. The van der Waals surface area contributed by atoms with Gasteiger partial charge in [-0.3, -0.25) is 18.9 Å². The van der Waals surface area contributed by atoms with E-state index in [0.717, 1.165) is 4.90 Å². The zero-order valence-corrected chi connectivity index (χ0v) is 6.59. The van der Waals surface area contributed by atoms with Gasteiger partial charge in [0.05, 0.1) is 6.67 Å². The minimum Gasteiger partial charge on any atom is -0.362 e. The maximum atomic E-state index is 11.7. The molecule has 0 bridgehead atoms. The monoisotopic (exact) mass is 175 g/mol. The van der Waals surface area contributed by atoms with Gasteiger partial charge in [0.1, 0.15) is 13.2 Å². The summed E-state index contributed by atoms with van der Waals surface area (Å²) in [5.74, 6) is -0.751. The third kappa shape index (κ3) is 2.01. The molecule has 0 N–H and O–H groups in total.